The number of hydrogen-bond acceptors (Lipinski definition) is 10. The van der Waals surface area contributed by atoms with Crippen molar-refractivity contribution in [2.75, 3.05) is 6.61 Å². The van der Waals surface area contributed by atoms with Crippen LogP contribution >= 0.6 is 0 Å². The number of rotatable bonds is 10. The Morgan fingerprint density at radius 2 is 1.46 bits per heavy atom. The Bertz CT molecular complexity index is 902. The van der Waals surface area contributed by atoms with Crippen molar-refractivity contribution in [3.05, 3.63) is 35.6 Å². The second kappa shape index (κ2) is 12.6. The Balaban J connectivity index is 2.29. The molecule has 0 aliphatic carbocycles. The van der Waals surface area contributed by atoms with E-state index in [9.17, 15) is 28.7 Å². The van der Waals surface area contributed by atoms with Crippen LogP contribution in [0.25, 0.3) is 0 Å². The molecule has 0 bridgehead atoms. The molecule has 1 N–H and O–H groups in total. The Kier molecular flexibility index (Phi) is 10.1. The lowest BCUT2D eigenvalue weighted by atomic mass is 9.88. The van der Waals surface area contributed by atoms with Gasteiger partial charge in [-0.3, -0.25) is 19.2 Å². The van der Waals surface area contributed by atoms with Crippen LogP contribution in [0.5, 0.6) is 0 Å². The highest BCUT2D eigenvalue weighted by Gasteiger charge is 2.59. The Morgan fingerprint density at radius 3 is 2.00 bits per heavy atom. The van der Waals surface area contributed by atoms with E-state index in [0.717, 1.165) is 33.3 Å². The van der Waals surface area contributed by atoms with Crippen LogP contribution in [0.2, 0.25) is 0 Å². The van der Waals surface area contributed by atoms with Gasteiger partial charge in [0.2, 0.25) is 5.79 Å². The molecule has 5 atom stereocenters. The van der Waals surface area contributed by atoms with Crippen LogP contribution in [-0.4, -0.2) is 65.8 Å². The van der Waals surface area contributed by atoms with Crippen molar-refractivity contribution in [1.82, 2.24) is 0 Å². The molecule has 0 unspecified atom stereocenters. The number of ether oxygens (including phenoxy) is 5. The standard InChI is InChI=1S/C24H31FO10/c1-14(26)31-13-20-21(32-15(2)27)22(33-16(3)28)23(34-17(4)29)24(30,35-20)12-6-5-7-18-8-10-19(25)11-9-18/h8-11,20-23,30H,5-7,12-13H2,1-4H3/t20-,21-,22+,23-,24-/m1/s1. The van der Waals surface area contributed by atoms with Gasteiger partial charge < -0.3 is 28.8 Å². The predicted molar refractivity (Wildman–Crippen MR) is 117 cm³/mol. The van der Waals surface area contributed by atoms with Gasteiger partial charge in [0, 0.05) is 34.1 Å². The Labute approximate surface area is 202 Å². The van der Waals surface area contributed by atoms with Crippen LogP contribution in [0.1, 0.15) is 52.5 Å². The molecule has 1 heterocycles. The van der Waals surface area contributed by atoms with E-state index in [1.807, 2.05) is 0 Å². The maximum atomic E-state index is 13.1. The van der Waals surface area contributed by atoms with Gasteiger partial charge in [0.05, 0.1) is 0 Å². The molecule has 1 aliphatic heterocycles. The molecule has 194 valence electrons. The first-order chi connectivity index (χ1) is 16.4. The van der Waals surface area contributed by atoms with Crippen molar-refractivity contribution < 1.29 is 52.4 Å². The smallest absolute Gasteiger partial charge is 0.303 e. The largest absolute Gasteiger partial charge is 0.463 e. The number of unbranched alkanes of at least 4 members (excludes halogenated alkanes) is 1. The number of aliphatic hydroxyl groups is 1. The van der Waals surface area contributed by atoms with E-state index in [4.69, 9.17) is 23.7 Å². The molecule has 2 rings (SSSR count). The Hall–Kier alpha value is -3.05. The van der Waals surface area contributed by atoms with Crippen LogP contribution in [0, 0.1) is 5.82 Å². The number of benzene rings is 1. The number of hydrogen-bond donors (Lipinski definition) is 1. The first-order valence-electron chi connectivity index (χ1n) is 11.2. The van der Waals surface area contributed by atoms with Gasteiger partial charge in [0.15, 0.2) is 18.3 Å². The number of esters is 4. The van der Waals surface area contributed by atoms with Crippen LogP contribution in [0.4, 0.5) is 4.39 Å². The topological polar surface area (TPSA) is 135 Å². The van der Waals surface area contributed by atoms with E-state index in [0.29, 0.717) is 19.3 Å². The first-order valence-corrected chi connectivity index (χ1v) is 11.2. The zero-order chi connectivity index (χ0) is 26.2. The maximum Gasteiger partial charge on any atom is 0.303 e. The molecule has 1 aromatic carbocycles. The van der Waals surface area contributed by atoms with Gasteiger partial charge >= 0.3 is 23.9 Å². The third-order valence-corrected chi connectivity index (χ3v) is 5.30. The summed E-state index contributed by atoms with van der Waals surface area (Å²) in [5.74, 6) is -5.48. The first kappa shape index (κ1) is 28.2. The molecule has 1 saturated heterocycles. The molecule has 10 nitrogen and oxygen atoms in total. The summed E-state index contributed by atoms with van der Waals surface area (Å²) in [5.41, 5.74) is 0.889. The van der Waals surface area contributed by atoms with E-state index in [1.54, 1.807) is 12.1 Å². The molecule has 11 heteroatoms. The van der Waals surface area contributed by atoms with Crippen molar-refractivity contribution in [1.29, 1.82) is 0 Å². The van der Waals surface area contributed by atoms with Gasteiger partial charge in [-0.15, -0.1) is 0 Å². The second-order valence-electron chi connectivity index (χ2n) is 8.32. The van der Waals surface area contributed by atoms with Gasteiger partial charge in [-0.05, 0) is 37.0 Å². The number of aryl methyl sites for hydroxylation is 1. The number of carbonyl (C=O) groups is 4. The van der Waals surface area contributed by atoms with Crippen LogP contribution < -0.4 is 0 Å². The van der Waals surface area contributed by atoms with Crippen molar-refractivity contribution in [3.8, 4) is 0 Å². The summed E-state index contributed by atoms with van der Waals surface area (Å²) in [6, 6.07) is 6.00. The molecule has 0 radical (unpaired) electrons. The maximum absolute atomic E-state index is 13.1. The Morgan fingerprint density at radius 1 is 0.886 bits per heavy atom. The highest BCUT2D eigenvalue weighted by Crippen LogP contribution is 2.37. The van der Waals surface area contributed by atoms with Gasteiger partial charge in [0.25, 0.3) is 0 Å². The molecule has 0 saturated carbocycles. The minimum atomic E-state index is -2.16. The summed E-state index contributed by atoms with van der Waals surface area (Å²) >= 11 is 0. The summed E-state index contributed by atoms with van der Waals surface area (Å²) in [5, 5.41) is 11.5. The highest BCUT2D eigenvalue weighted by atomic mass is 19.1. The fraction of sp³-hybridized carbons (Fsp3) is 0.583. The molecule has 0 amide bonds. The molecule has 1 fully saturated rings. The lowest BCUT2D eigenvalue weighted by molar-refractivity contribution is -0.354. The quantitative estimate of drug-likeness (QED) is 0.290. The lowest BCUT2D eigenvalue weighted by Crippen LogP contribution is -2.68. The van der Waals surface area contributed by atoms with Gasteiger partial charge in [-0.1, -0.05) is 12.1 Å². The lowest BCUT2D eigenvalue weighted by Gasteiger charge is -2.48. The molecule has 0 aromatic heterocycles. The molecule has 0 spiro atoms. The summed E-state index contributed by atoms with van der Waals surface area (Å²) in [6.45, 7) is 4.07. The fourth-order valence-corrected chi connectivity index (χ4v) is 3.92. The van der Waals surface area contributed by atoms with Crippen molar-refractivity contribution >= 4 is 23.9 Å². The average Bonchev–Trinajstić information content (AvgIpc) is 2.75. The van der Waals surface area contributed by atoms with E-state index < -0.39 is 60.7 Å². The minimum Gasteiger partial charge on any atom is -0.463 e. The van der Waals surface area contributed by atoms with Crippen LogP contribution in [0.15, 0.2) is 24.3 Å². The van der Waals surface area contributed by atoms with Crippen molar-refractivity contribution in [3.63, 3.8) is 0 Å². The van der Waals surface area contributed by atoms with Crippen molar-refractivity contribution in [2.24, 2.45) is 0 Å². The van der Waals surface area contributed by atoms with Gasteiger partial charge in [0.1, 0.15) is 18.5 Å². The summed E-state index contributed by atoms with van der Waals surface area (Å²) in [4.78, 5) is 46.9. The summed E-state index contributed by atoms with van der Waals surface area (Å²) < 4.78 is 39.8. The fourth-order valence-electron chi connectivity index (χ4n) is 3.92. The molecular weight excluding hydrogens is 467 g/mol. The second-order valence-corrected chi connectivity index (χ2v) is 8.32. The van der Waals surface area contributed by atoms with E-state index in [2.05, 4.69) is 0 Å². The van der Waals surface area contributed by atoms with E-state index in [1.165, 1.54) is 12.1 Å². The summed E-state index contributed by atoms with van der Waals surface area (Å²) in [6.07, 6.45) is -4.08. The average molecular weight is 499 g/mol. The van der Waals surface area contributed by atoms with Gasteiger partial charge in [-0.25, -0.2) is 4.39 Å². The SMILES string of the molecule is CC(=O)OC[C@H]1O[C@](O)(CCCCc2ccc(F)cc2)[C@H](OC(C)=O)[C@@H](OC(C)=O)[C@@H]1OC(C)=O. The highest BCUT2D eigenvalue weighted by molar-refractivity contribution is 5.68. The number of halogens is 1. The molecule has 1 aromatic rings. The summed E-state index contributed by atoms with van der Waals surface area (Å²) in [7, 11) is 0. The molecule has 1 aliphatic rings. The zero-order valence-electron chi connectivity index (χ0n) is 20.2. The number of carbonyl (C=O) groups excluding carboxylic acids is 4. The molecule has 35 heavy (non-hydrogen) atoms. The van der Waals surface area contributed by atoms with Crippen molar-refractivity contribution in [2.45, 2.75) is 83.6 Å². The predicted octanol–water partition coefficient (Wildman–Crippen LogP) is 1.98. The molecular formula is C24H31FO10. The van der Waals surface area contributed by atoms with Crippen LogP contribution in [0.3, 0.4) is 0 Å². The monoisotopic (exact) mass is 498 g/mol. The zero-order valence-corrected chi connectivity index (χ0v) is 20.2. The minimum absolute atomic E-state index is 0.0622. The third kappa shape index (κ3) is 8.59. The van der Waals surface area contributed by atoms with E-state index in [-0.39, 0.29) is 12.2 Å². The van der Waals surface area contributed by atoms with Crippen LogP contribution in [-0.2, 0) is 49.3 Å². The van der Waals surface area contributed by atoms with Gasteiger partial charge in [-0.2, -0.15) is 0 Å². The normalized spacial score (nSPS) is 25.9. The van der Waals surface area contributed by atoms with E-state index >= 15 is 0 Å². The third-order valence-electron chi connectivity index (χ3n) is 5.30.